The van der Waals surface area contributed by atoms with Crippen LogP contribution in [-0.2, 0) is 13.6 Å². The monoisotopic (exact) mass is 334 g/mol. The lowest BCUT2D eigenvalue weighted by atomic mass is 9.93. The molecule has 2 heterocycles. The first kappa shape index (κ1) is 17.5. The fourth-order valence-electron chi connectivity index (χ4n) is 3.13. The zero-order chi connectivity index (χ0) is 15.5. The summed E-state index contributed by atoms with van der Waals surface area (Å²) >= 11 is 0. The summed E-state index contributed by atoms with van der Waals surface area (Å²) in [6, 6.07) is 9.67. The van der Waals surface area contributed by atoms with Gasteiger partial charge in [0.15, 0.2) is 0 Å². The highest BCUT2D eigenvalue weighted by molar-refractivity contribution is 5.94. The van der Waals surface area contributed by atoms with Crippen LogP contribution >= 0.6 is 12.4 Å². The minimum absolute atomic E-state index is 0. The van der Waals surface area contributed by atoms with E-state index in [1.54, 1.807) is 0 Å². The van der Waals surface area contributed by atoms with Gasteiger partial charge in [-0.1, -0.05) is 12.1 Å². The Morgan fingerprint density at radius 2 is 1.87 bits per heavy atom. The quantitative estimate of drug-likeness (QED) is 0.936. The first-order chi connectivity index (χ1) is 10.7. The Balaban J connectivity index is 0.00000192. The molecule has 1 fully saturated rings. The molecule has 0 radical (unpaired) electrons. The number of likely N-dealkylation sites (tertiary alicyclic amines) is 1. The van der Waals surface area contributed by atoms with Crippen molar-refractivity contribution in [1.82, 2.24) is 14.7 Å². The summed E-state index contributed by atoms with van der Waals surface area (Å²) in [5, 5.41) is 4.24. The van der Waals surface area contributed by atoms with Gasteiger partial charge >= 0.3 is 0 Å². The average molecular weight is 335 g/mol. The standard InChI is InChI=1S/C17H22N4O.ClH/c1-20-16(6-9-19-20)14-7-10-21(11-8-14)17(22)15-4-2-13(12-18)3-5-15;/h2-6,9,14H,7-8,10-12,18H2,1H3;1H. The van der Waals surface area contributed by atoms with E-state index in [0.29, 0.717) is 12.5 Å². The number of nitrogens with zero attached hydrogens (tertiary/aromatic N) is 3. The predicted octanol–water partition coefficient (Wildman–Crippen LogP) is 2.32. The van der Waals surface area contributed by atoms with Crippen molar-refractivity contribution in [1.29, 1.82) is 0 Å². The van der Waals surface area contributed by atoms with Crippen molar-refractivity contribution in [2.45, 2.75) is 25.3 Å². The maximum Gasteiger partial charge on any atom is 0.253 e. The molecule has 23 heavy (non-hydrogen) atoms. The normalized spacial score (nSPS) is 15.3. The Morgan fingerprint density at radius 3 is 2.39 bits per heavy atom. The number of hydrogen-bond donors (Lipinski definition) is 1. The molecule has 0 atom stereocenters. The van der Waals surface area contributed by atoms with Gasteiger partial charge in [0.1, 0.15) is 0 Å². The van der Waals surface area contributed by atoms with Crippen LogP contribution in [0.25, 0.3) is 0 Å². The summed E-state index contributed by atoms with van der Waals surface area (Å²) < 4.78 is 1.94. The number of rotatable bonds is 3. The van der Waals surface area contributed by atoms with Crippen LogP contribution < -0.4 is 5.73 Å². The molecular weight excluding hydrogens is 312 g/mol. The molecule has 3 rings (SSSR count). The molecule has 1 aliphatic heterocycles. The number of hydrogen-bond acceptors (Lipinski definition) is 3. The van der Waals surface area contributed by atoms with Crippen LogP contribution in [-0.4, -0.2) is 33.7 Å². The van der Waals surface area contributed by atoms with Gasteiger partial charge in [0.05, 0.1) is 0 Å². The van der Waals surface area contributed by atoms with Gasteiger partial charge in [-0.25, -0.2) is 0 Å². The van der Waals surface area contributed by atoms with Crippen LogP contribution in [0, 0.1) is 0 Å². The third-order valence-corrected chi connectivity index (χ3v) is 4.50. The number of aromatic nitrogens is 2. The van der Waals surface area contributed by atoms with E-state index >= 15 is 0 Å². The zero-order valence-electron chi connectivity index (χ0n) is 13.3. The Labute approximate surface area is 142 Å². The van der Waals surface area contributed by atoms with E-state index in [1.807, 2.05) is 47.1 Å². The summed E-state index contributed by atoms with van der Waals surface area (Å²) in [5.74, 6) is 0.614. The number of nitrogens with two attached hydrogens (primary N) is 1. The smallest absolute Gasteiger partial charge is 0.253 e. The number of carbonyl (C=O) groups is 1. The Morgan fingerprint density at radius 1 is 1.22 bits per heavy atom. The number of amides is 1. The highest BCUT2D eigenvalue weighted by Gasteiger charge is 2.25. The lowest BCUT2D eigenvalue weighted by molar-refractivity contribution is 0.0711. The minimum Gasteiger partial charge on any atom is -0.339 e. The van der Waals surface area contributed by atoms with Crippen molar-refractivity contribution in [3.8, 4) is 0 Å². The lowest BCUT2D eigenvalue weighted by Gasteiger charge is -2.32. The topological polar surface area (TPSA) is 64.2 Å². The van der Waals surface area contributed by atoms with Crippen molar-refractivity contribution >= 4 is 18.3 Å². The van der Waals surface area contributed by atoms with Crippen LogP contribution in [0.15, 0.2) is 36.5 Å². The van der Waals surface area contributed by atoms with E-state index in [4.69, 9.17) is 5.73 Å². The molecule has 0 aliphatic carbocycles. The second-order valence-electron chi connectivity index (χ2n) is 5.85. The Bertz CT molecular complexity index is 645. The third kappa shape index (κ3) is 3.74. The summed E-state index contributed by atoms with van der Waals surface area (Å²) in [4.78, 5) is 14.5. The van der Waals surface area contributed by atoms with E-state index in [2.05, 4.69) is 11.2 Å². The van der Waals surface area contributed by atoms with Gasteiger partial charge in [-0.3, -0.25) is 9.48 Å². The average Bonchev–Trinajstić information content (AvgIpc) is 3.00. The van der Waals surface area contributed by atoms with E-state index in [9.17, 15) is 4.79 Å². The molecule has 1 saturated heterocycles. The molecule has 1 aliphatic rings. The summed E-state index contributed by atoms with van der Waals surface area (Å²) in [7, 11) is 1.98. The van der Waals surface area contributed by atoms with E-state index in [-0.39, 0.29) is 18.3 Å². The molecule has 6 heteroatoms. The van der Waals surface area contributed by atoms with Gasteiger partial charge in [-0.2, -0.15) is 5.10 Å². The van der Waals surface area contributed by atoms with Crippen molar-refractivity contribution in [2.24, 2.45) is 12.8 Å². The highest BCUT2D eigenvalue weighted by atomic mass is 35.5. The maximum absolute atomic E-state index is 12.5. The van der Waals surface area contributed by atoms with Crippen LogP contribution in [0.1, 0.15) is 40.4 Å². The molecule has 2 N–H and O–H groups in total. The number of carbonyl (C=O) groups excluding carboxylic acids is 1. The van der Waals surface area contributed by atoms with Crippen LogP contribution in [0.2, 0.25) is 0 Å². The van der Waals surface area contributed by atoms with Gasteiger partial charge in [-0.05, 0) is 36.6 Å². The first-order valence-electron chi connectivity index (χ1n) is 7.75. The molecule has 2 aromatic rings. The van der Waals surface area contributed by atoms with Crippen molar-refractivity contribution < 1.29 is 4.79 Å². The molecule has 1 aromatic carbocycles. The number of aryl methyl sites for hydroxylation is 1. The highest BCUT2D eigenvalue weighted by Crippen LogP contribution is 2.28. The molecular formula is C17H23ClN4O. The Hall–Kier alpha value is -1.85. The fraction of sp³-hybridized carbons (Fsp3) is 0.412. The molecule has 0 saturated carbocycles. The zero-order valence-corrected chi connectivity index (χ0v) is 14.1. The molecule has 0 spiro atoms. The molecule has 5 nitrogen and oxygen atoms in total. The minimum atomic E-state index is 0. The summed E-state index contributed by atoms with van der Waals surface area (Å²) in [6.45, 7) is 2.10. The van der Waals surface area contributed by atoms with Crippen molar-refractivity contribution in [3.63, 3.8) is 0 Å². The first-order valence-corrected chi connectivity index (χ1v) is 7.75. The van der Waals surface area contributed by atoms with E-state index < -0.39 is 0 Å². The fourth-order valence-corrected chi connectivity index (χ4v) is 3.13. The van der Waals surface area contributed by atoms with Gasteiger partial charge in [0.2, 0.25) is 0 Å². The van der Waals surface area contributed by atoms with Crippen LogP contribution in [0.4, 0.5) is 0 Å². The second-order valence-corrected chi connectivity index (χ2v) is 5.85. The SMILES string of the molecule is Cl.Cn1nccc1C1CCN(C(=O)c2ccc(CN)cc2)CC1. The molecule has 0 bridgehead atoms. The van der Waals surface area contributed by atoms with Gasteiger partial charge < -0.3 is 10.6 Å². The van der Waals surface area contributed by atoms with E-state index in [0.717, 1.165) is 37.1 Å². The lowest BCUT2D eigenvalue weighted by Crippen LogP contribution is -2.38. The maximum atomic E-state index is 12.5. The molecule has 124 valence electrons. The molecule has 1 aromatic heterocycles. The Kier molecular flexibility index (Phi) is 5.80. The van der Waals surface area contributed by atoms with Gasteiger partial charge in [-0.15, -0.1) is 12.4 Å². The van der Waals surface area contributed by atoms with Crippen LogP contribution in [0.3, 0.4) is 0 Å². The molecule has 1 amide bonds. The van der Waals surface area contributed by atoms with Gasteiger partial charge in [0.25, 0.3) is 5.91 Å². The van der Waals surface area contributed by atoms with Crippen LogP contribution in [0.5, 0.6) is 0 Å². The van der Waals surface area contributed by atoms with Crippen molar-refractivity contribution in [2.75, 3.05) is 13.1 Å². The summed E-state index contributed by atoms with van der Waals surface area (Å²) in [5.41, 5.74) is 8.65. The largest absolute Gasteiger partial charge is 0.339 e. The van der Waals surface area contributed by atoms with E-state index in [1.165, 1.54) is 5.69 Å². The van der Waals surface area contributed by atoms with Crippen molar-refractivity contribution in [3.05, 3.63) is 53.3 Å². The summed E-state index contributed by atoms with van der Waals surface area (Å²) in [6.07, 6.45) is 3.82. The third-order valence-electron chi connectivity index (χ3n) is 4.50. The second kappa shape index (κ2) is 7.62. The predicted molar refractivity (Wildman–Crippen MR) is 92.7 cm³/mol. The number of halogens is 1. The van der Waals surface area contributed by atoms with Gasteiger partial charge in [0, 0.05) is 50.1 Å². The number of piperidine rings is 1. The number of benzene rings is 1. The molecule has 0 unspecified atom stereocenters.